The van der Waals surface area contributed by atoms with Crippen LogP contribution in [-0.2, 0) is 4.74 Å². The average Bonchev–Trinajstić information content (AvgIpc) is 2.93. The minimum absolute atomic E-state index is 0.352. The van der Waals surface area contributed by atoms with E-state index in [0.717, 1.165) is 41.2 Å². The molecule has 1 fully saturated rings. The van der Waals surface area contributed by atoms with E-state index < -0.39 is 0 Å². The van der Waals surface area contributed by atoms with Crippen LogP contribution < -0.4 is 4.74 Å². The summed E-state index contributed by atoms with van der Waals surface area (Å²) in [5.74, 6) is 0.837. The molecule has 0 bridgehead atoms. The van der Waals surface area contributed by atoms with Crippen LogP contribution in [0, 0.1) is 4.77 Å². The summed E-state index contributed by atoms with van der Waals surface area (Å²) >= 11 is 5.38. The molecule has 4 nitrogen and oxygen atoms in total. The standard InChI is InChI=1S/C12H14N2O2S/c1-15-9-2-3-11-10(6-9)13-12(17)14(11)8-4-5-16-7-8/h2-3,6,8H,4-5,7H2,1H3,(H,13,17). The van der Waals surface area contributed by atoms with E-state index in [9.17, 15) is 0 Å². The lowest BCUT2D eigenvalue weighted by atomic mass is 10.2. The Morgan fingerprint density at radius 3 is 3.12 bits per heavy atom. The Labute approximate surface area is 104 Å². The summed E-state index contributed by atoms with van der Waals surface area (Å²) in [5.41, 5.74) is 2.13. The van der Waals surface area contributed by atoms with Crippen molar-refractivity contribution in [2.24, 2.45) is 0 Å². The average molecular weight is 250 g/mol. The van der Waals surface area contributed by atoms with Gasteiger partial charge in [-0.05, 0) is 30.8 Å². The number of hydrogen-bond acceptors (Lipinski definition) is 3. The van der Waals surface area contributed by atoms with Gasteiger partial charge in [-0.15, -0.1) is 0 Å². The van der Waals surface area contributed by atoms with E-state index in [2.05, 4.69) is 9.55 Å². The maximum Gasteiger partial charge on any atom is 0.178 e. The zero-order chi connectivity index (χ0) is 11.8. The molecule has 1 aliphatic heterocycles. The highest BCUT2D eigenvalue weighted by molar-refractivity contribution is 7.71. The lowest BCUT2D eigenvalue weighted by Crippen LogP contribution is -2.08. The number of aromatic amines is 1. The summed E-state index contributed by atoms with van der Waals surface area (Å²) in [5, 5.41) is 0. The minimum Gasteiger partial charge on any atom is -0.497 e. The number of fused-ring (bicyclic) bond motifs is 1. The molecule has 0 aliphatic carbocycles. The molecule has 1 saturated heterocycles. The van der Waals surface area contributed by atoms with Gasteiger partial charge in [-0.2, -0.15) is 0 Å². The van der Waals surface area contributed by atoms with E-state index in [0.29, 0.717) is 6.04 Å². The quantitative estimate of drug-likeness (QED) is 0.833. The van der Waals surface area contributed by atoms with E-state index in [-0.39, 0.29) is 0 Å². The molecule has 1 aromatic heterocycles. The minimum atomic E-state index is 0.352. The molecule has 17 heavy (non-hydrogen) atoms. The number of hydrogen-bond donors (Lipinski definition) is 1. The molecular formula is C12H14N2O2S. The Morgan fingerprint density at radius 1 is 1.53 bits per heavy atom. The van der Waals surface area contributed by atoms with Gasteiger partial charge in [0.05, 0.1) is 30.8 Å². The number of H-pyrrole nitrogens is 1. The number of rotatable bonds is 2. The molecule has 0 amide bonds. The van der Waals surface area contributed by atoms with E-state index in [4.69, 9.17) is 21.7 Å². The van der Waals surface area contributed by atoms with Crippen LogP contribution in [0.4, 0.5) is 0 Å². The Morgan fingerprint density at radius 2 is 2.41 bits per heavy atom. The van der Waals surface area contributed by atoms with Crippen LogP contribution in [-0.4, -0.2) is 29.9 Å². The van der Waals surface area contributed by atoms with Crippen molar-refractivity contribution in [3.63, 3.8) is 0 Å². The molecule has 2 aromatic rings. The molecule has 5 heteroatoms. The summed E-state index contributed by atoms with van der Waals surface area (Å²) < 4.78 is 13.5. The van der Waals surface area contributed by atoms with Crippen LogP contribution in [0.15, 0.2) is 18.2 Å². The maximum atomic E-state index is 5.42. The molecule has 1 atom stereocenters. The Kier molecular flexibility index (Phi) is 2.64. The fourth-order valence-corrected chi connectivity index (χ4v) is 2.68. The second-order valence-electron chi connectivity index (χ2n) is 4.20. The predicted molar refractivity (Wildman–Crippen MR) is 68.1 cm³/mol. The molecule has 1 aromatic carbocycles. The molecule has 1 N–H and O–H groups in total. The van der Waals surface area contributed by atoms with Crippen molar-refractivity contribution in [3.05, 3.63) is 23.0 Å². The first-order chi connectivity index (χ1) is 8.29. The number of nitrogens with one attached hydrogen (secondary N) is 1. The van der Waals surface area contributed by atoms with Gasteiger partial charge in [-0.3, -0.25) is 0 Å². The molecule has 0 spiro atoms. The Hall–Kier alpha value is -1.33. The number of ether oxygens (including phenoxy) is 2. The highest BCUT2D eigenvalue weighted by Crippen LogP contribution is 2.27. The molecule has 0 radical (unpaired) electrons. The third kappa shape index (κ3) is 1.75. The number of benzene rings is 1. The van der Waals surface area contributed by atoms with Crippen molar-refractivity contribution >= 4 is 23.3 Å². The van der Waals surface area contributed by atoms with Crippen molar-refractivity contribution in [2.45, 2.75) is 12.5 Å². The summed E-state index contributed by atoms with van der Waals surface area (Å²) in [7, 11) is 1.66. The van der Waals surface area contributed by atoms with Gasteiger partial charge in [-0.25, -0.2) is 0 Å². The normalized spacial score (nSPS) is 19.9. The zero-order valence-corrected chi connectivity index (χ0v) is 10.4. The van der Waals surface area contributed by atoms with Gasteiger partial charge >= 0.3 is 0 Å². The highest BCUT2D eigenvalue weighted by atomic mass is 32.1. The summed E-state index contributed by atoms with van der Waals surface area (Å²) in [6.07, 6.45) is 1.02. The SMILES string of the molecule is COc1ccc2c(c1)[nH]c(=S)n2C1CCOC1. The van der Waals surface area contributed by atoms with Crippen LogP contribution in [0.1, 0.15) is 12.5 Å². The van der Waals surface area contributed by atoms with Crippen LogP contribution in [0.2, 0.25) is 0 Å². The van der Waals surface area contributed by atoms with Crippen molar-refractivity contribution in [2.75, 3.05) is 20.3 Å². The molecule has 0 saturated carbocycles. The van der Waals surface area contributed by atoms with E-state index in [1.54, 1.807) is 7.11 Å². The molecule has 1 unspecified atom stereocenters. The van der Waals surface area contributed by atoms with Crippen LogP contribution in [0.5, 0.6) is 5.75 Å². The zero-order valence-electron chi connectivity index (χ0n) is 9.60. The van der Waals surface area contributed by atoms with Gasteiger partial charge in [0, 0.05) is 12.7 Å². The second kappa shape index (κ2) is 4.16. The van der Waals surface area contributed by atoms with Crippen molar-refractivity contribution in [3.8, 4) is 5.75 Å². The molecule has 90 valence electrons. The molecule has 2 heterocycles. The van der Waals surface area contributed by atoms with Gasteiger partial charge in [0.15, 0.2) is 4.77 Å². The van der Waals surface area contributed by atoms with E-state index in [1.165, 1.54) is 0 Å². The maximum absolute atomic E-state index is 5.42. The summed E-state index contributed by atoms with van der Waals surface area (Å²) in [6.45, 7) is 1.56. The number of methoxy groups -OCH3 is 1. The molecule has 1 aliphatic rings. The van der Waals surface area contributed by atoms with Crippen LogP contribution in [0.3, 0.4) is 0 Å². The van der Waals surface area contributed by atoms with Gasteiger partial charge in [0.2, 0.25) is 0 Å². The molecule has 3 rings (SSSR count). The summed E-state index contributed by atoms with van der Waals surface area (Å²) in [4.78, 5) is 3.22. The number of nitrogens with zero attached hydrogens (tertiary/aromatic N) is 1. The Bertz CT molecular complexity index is 596. The van der Waals surface area contributed by atoms with Gasteiger partial charge in [0.25, 0.3) is 0 Å². The largest absolute Gasteiger partial charge is 0.497 e. The third-order valence-electron chi connectivity index (χ3n) is 3.19. The predicted octanol–water partition coefficient (Wildman–Crippen LogP) is 2.67. The van der Waals surface area contributed by atoms with Crippen molar-refractivity contribution < 1.29 is 9.47 Å². The van der Waals surface area contributed by atoms with Gasteiger partial charge < -0.3 is 19.0 Å². The lowest BCUT2D eigenvalue weighted by Gasteiger charge is -2.10. The second-order valence-corrected chi connectivity index (χ2v) is 4.59. The fourth-order valence-electron chi connectivity index (χ4n) is 2.33. The van der Waals surface area contributed by atoms with E-state index >= 15 is 0 Å². The first-order valence-electron chi connectivity index (χ1n) is 5.65. The number of aromatic nitrogens is 2. The van der Waals surface area contributed by atoms with Crippen molar-refractivity contribution in [1.82, 2.24) is 9.55 Å². The first-order valence-corrected chi connectivity index (χ1v) is 6.06. The fraction of sp³-hybridized carbons (Fsp3) is 0.417. The van der Waals surface area contributed by atoms with E-state index in [1.807, 2.05) is 18.2 Å². The van der Waals surface area contributed by atoms with Crippen molar-refractivity contribution in [1.29, 1.82) is 0 Å². The topological polar surface area (TPSA) is 39.2 Å². The summed E-state index contributed by atoms with van der Waals surface area (Å²) in [6, 6.07) is 6.32. The van der Waals surface area contributed by atoms with Crippen LogP contribution >= 0.6 is 12.2 Å². The van der Waals surface area contributed by atoms with Gasteiger partial charge in [0.1, 0.15) is 5.75 Å². The van der Waals surface area contributed by atoms with Crippen LogP contribution in [0.25, 0.3) is 11.0 Å². The lowest BCUT2D eigenvalue weighted by molar-refractivity contribution is 0.187. The Balaban J connectivity index is 2.17. The monoisotopic (exact) mass is 250 g/mol. The van der Waals surface area contributed by atoms with Gasteiger partial charge in [-0.1, -0.05) is 0 Å². The highest BCUT2D eigenvalue weighted by Gasteiger charge is 2.20. The first kappa shape index (κ1) is 10.8. The number of imidazole rings is 1. The smallest absolute Gasteiger partial charge is 0.178 e. The third-order valence-corrected chi connectivity index (χ3v) is 3.49. The molecular weight excluding hydrogens is 236 g/mol.